The van der Waals surface area contributed by atoms with Crippen LogP contribution in [0, 0.1) is 0 Å². The average Bonchev–Trinajstić information content (AvgIpc) is 3.33. The van der Waals surface area contributed by atoms with Gasteiger partial charge in [0.15, 0.2) is 17.3 Å². The summed E-state index contributed by atoms with van der Waals surface area (Å²) in [5, 5.41) is 2.93. The Hall–Kier alpha value is -3.03. The molecule has 8 heteroatoms. The highest BCUT2D eigenvalue weighted by atomic mass is 16.7. The van der Waals surface area contributed by atoms with Crippen molar-refractivity contribution in [1.82, 2.24) is 9.97 Å². The van der Waals surface area contributed by atoms with Crippen molar-refractivity contribution in [3.05, 3.63) is 30.0 Å². The maximum Gasteiger partial charge on any atom is 0.231 e. The molecule has 2 aromatic rings. The van der Waals surface area contributed by atoms with E-state index in [1.54, 1.807) is 6.20 Å². The summed E-state index contributed by atoms with van der Waals surface area (Å²) in [5.41, 5.74) is 1.46. The summed E-state index contributed by atoms with van der Waals surface area (Å²) in [5.74, 6) is 2.66. The van der Waals surface area contributed by atoms with Gasteiger partial charge in [0.1, 0.15) is 5.69 Å². The molecule has 0 atom stereocenters. The van der Waals surface area contributed by atoms with Crippen molar-refractivity contribution in [3.8, 4) is 11.5 Å². The van der Waals surface area contributed by atoms with Crippen LogP contribution in [0.1, 0.15) is 18.4 Å². The van der Waals surface area contributed by atoms with Crippen molar-refractivity contribution >= 4 is 23.4 Å². The first kappa shape index (κ1) is 17.4. The Kier molecular flexibility index (Phi) is 4.70. The van der Waals surface area contributed by atoms with Gasteiger partial charge < -0.3 is 24.6 Å². The molecular formula is C19H23N5O3. The highest BCUT2D eigenvalue weighted by molar-refractivity contribution is 5.95. The molecule has 2 aliphatic heterocycles. The molecule has 1 N–H and O–H groups in total. The van der Waals surface area contributed by atoms with Crippen molar-refractivity contribution in [1.29, 1.82) is 0 Å². The number of hydrogen-bond acceptors (Lipinski definition) is 7. The van der Waals surface area contributed by atoms with Gasteiger partial charge >= 0.3 is 0 Å². The summed E-state index contributed by atoms with van der Waals surface area (Å²) in [6, 6.07) is 5.53. The lowest BCUT2D eigenvalue weighted by molar-refractivity contribution is -0.115. The topological polar surface area (TPSA) is 79.8 Å². The Morgan fingerprint density at radius 2 is 2.00 bits per heavy atom. The summed E-state index contributed by atoms with van der Waals surface area (Å²) < 4.78 is 10.7. The zero-order valence-corrected chi connectivity index (χ0v) is 15.6. The fraction of sp³-hybridized carbons (Fsp3) is 0.421. The van der Waals surface area contributed by atoms with Gasteiger partial charge in [-0.05, 0) is 30.5 Å². The lowest BCUT2D eigenvalue weighted by Gasteiger charge is -2.21. The highest BCUT2D eigenvalue weighted by Crippen LogP contribution is 2.33. The Labute approximate surface area is 158 Å². The molecule has 1 fully saturated rings. The van der Waals surface area contributed by atoms with E-state index in [1.807, 2.05) is 37.2 Å². The number of rotatable bonds is 5. The van der Waals surface area contributed by atoms with Gasteiger partial charge in [0, 0.05) is 27.2 Å². The van der Waals surface area contributed by atoms with Gasteiger partial charge in [0.05, 0.1) is 12.6 Å². The first-order valence-electron chi connectivity index (χ1n) is 9.08. The average molecular weight is 369 g/mol. The van der Waals surface area contributed by atoms with Crippen LogP contribution in [0.25, 0.3) is 0 Å². The number of nitrogens with zero attached hydrogens (tertiary/aromatic N) is 4. The molecule has 0 saturated carbocycles. The first-order valence-corrected chi connectivity index (χ1v) is 9.08. The minimum Gasteiger partial charge on any atom is -0.454 e. The second-order valence-corrected chi connectivity index (χ2v) is 6.91. The normalized spacial score (nSPS) is 15.1. The van der Waals surface area contributed by atoms with Gasteiger partial charge in [-0.2, -0.15) is 4.98 Å². The highest BCUT2D eigenvalue weighted by Gasteiger charge is 2.19. The molecule has 2 aliphatic rings. The molecule has 4 rings (SSSR count). The number of benzene rings is 1. The molecule has 1 aromatic heterocycles. The van der Waals surface area contributed by atoms with Gasteiger partial charge in [-0.25, -0.2) is 4.98 Å². The summed E-state index contributed by atoms with van der Waals surface area (Å²) in [6.45, 7) is 2.17. The fourth-order valence-electron chi connectivity index (χ4n) is 3.29. The molecule has 0 unspecified atom stereocenters. The zero-order chi connectivity index (χ0) is 18.8. The number of carbonyl (C=O) groups is 1. The Morgan fingerprint density at radius 3 is 2.78 bits per heavy atom. The SMILES string of the molecule is CN(C)c1nc(N2CCCC2)ncc1NC(=O)Cc1ccc2c(c1)OCO2. The number of hydrogen-bond donors (Lipinski definition) is 1. The molecule has 27 heavy (non-hydrogen) atoms. The van der Waals surface area contributed by atoms with E-state index in [0.717, 1.165) is 31.5 Å². The van der Waals surface area contributed by atoms with Crippen molar-refractivity contribution in [2.24, 2.45) is 0 Å². The first-order chi connectivity index (χ1) is 13.1. The van der Waals surface area contributed by atoms with Gasteiger partial charge in [-0.15, -0.1) is 0 Å². The van der Waals surface area contributed by atoms with E-state index < -0.39 is 0 Å². The third-order valence-corrected chi connectivity index (χ3v) is 4.64. The molecule has 142 valence electrons. The largest absolute Gasteiger partial charge is 0.454 e. The van der Waals surface area contributed by atoms with Crippen molar-refractivity contribution in [2.75, 3.05) is 49.1 Å². The molecule has 0 aliphatic carbocycles. The molecule has 1 amide bonds. The predicted molar refractivity (Wildman–Crippen MR) is 103 cm³/mol. The van der Waals surface area contributed by atoms with Gasteiger partial charge in [-0.3, -0.25) is 4.79 Å². The van der Waals surface area contributed by atoms with Crippen LogP contribution in [0.3, 0.4) is 0 Å². The number of fused-ring (bicyclic) bond motifs is 1. The second-order valence-electron chi connectivity index (χ2n) is 6.91. The number of anilines is 3. The van der Waals surface area contributed by atoms with Crippen LogP contribution < -0.4 is 24.6 Å². The van der Waals surface area contributed by atoms with Crippen LogP contribution >= 0.6 is 0 Å². The van der Waals surface area contributed by atoms with E-state index in [0.29, 0.717) is 29.0 Å². The monoisotopic (exact) mass is 369 g/mol. The third-order valence-electron chi connectivity index (χ3n) is 4.64. The van der Waals surface area contributed by atoms with Crippen LogP contribution in [0.5, 0.6) is 11.5 Å². The lowest BCUT2D eigenvalue weighted by Crippen LogP contribution is -2.24. The molecule has 1 saturated heterocycles. The fourth-order valence-corrected chi connectivity index (χ4v) is 3.29. The van der Waals surface area contributed by atoms with Crippen LogP contribution in [-0.2, 0) is 11.2 Å². The van der Waals surface area contributed by atoms with Crippen molar-refractivity contribution in [2.45, 2.75) is 19.3 Å². The van der Waals surface area contributed by atoms with Crippen molar-refractivity contribution < 1.29 is 14.3 Å². The van der Waals surface area contributed by atoms with E-state index >= 15 is 0 Å². The van der Waals surface area contributed by atoms with E-state index in [-0.39, 0.29) is 19.1 Å². The van der Waals surface area contributed by atoms with Crippen LogP contribution in [-0.4, -0.2) is 49.9 Å². The molecular weight excluding hydrogens is 346 g/mol. The lowest BCUT2D eigenvalue weighted by atomic mass is 10.1. The number of nitrogens with one attached hydrogen (secondary N) is 1. The second kappa shape index (κ2) is 7.30. The maximum absolute atomic E-state index is 12.5. The number of carbonyl (C=O) groups excluding carboxylic acids is 1. The predicted octanol–water partition coefficient (Wildman–Crippen LogP) is 2.05. The molecule has 0 radical (unpaired) electrons. The van der Waals surface area contributed by atoms with Gasteiger partial charge in [0.25, 0.3) is 0 Å². The standard InChI is InChI=1S/C19H23N5O3/c1-23(2)18-14(11-20-19(22-18)24-7-3-4-8-24)21-17(25)10-13-5-6-15-16(9-13)27-12-26-15/h5-6,9,11H,3-4,7-8,10,12H2,1-2H3,(H,21,25). The Balaban J connectivity index is 1.48. The Bertz CT molecular complexity index is 849. The van der Waals surface area contributed by atoms with Crippen LogP contribution in [0.2, 0.25) is 0 Å². The molecule has 0 bridgehead atoms. The minimum absolute atomic E-state index is 0.130. The number of ether oxygens (including phenoxy) is 2. The van der Waals surface area contributed by atoms with Crippen LogP contribution in [0.4, 0.5) is 17.5 Å². The maximum atomic E-state index is 12.5. The third kappa shape index (κ3) is 3.74. The zero-order valence-electron chi connectivity index (χ0n) is 15.6. The smallest absolute Gasteiger partial charge is 0.231 e. The number of amides is 1. The quantitative estimate of drug-likeness (QED) is 0.864. The summed E-state index contributed by atoms with van der Waals surface area (Å²) in [6.07, 6.45) is 4.24. The molecule has 8 nitrogen and oxygen atoms in total. The van der Waals surface area contributed by atoms with Gasteiger partial charge in [0.2, 0.25) is 18.6 Å². The van der Waals surface area contributed by atoms with E-state index in [1.165, 1.54) is 0 Å². The number of aromatic nitrogens is 2. The minimum atomic E-state index is -0.130. The molecule has 3 heterocycles. The van der Waals surface area contributed by atoms with Crippen LogP contribution in [0.15, 0.2) is 24.4 Å². The molecule has 0 spiro atoms. The van der Waals surface area contributed by atoms with Gasteiger partial charge in [-0.1, -0.05) is 6.07 Å². The molecule has 1 aromatic carbocycles. The summed E-state index contributed by atoms with van der Waals surface area (Å²) in [7, 11) is 3.81. The van der Waals surface area contributed by atoms with E-state index in [2.05, 4.69) is 20.2 Å². The Morgan fingerprint density at radius 1 is 1.22 bits per heavy atom. The summed E-state index contributed by atoms with van der Waals surface area (Å²) >= 11 is 0. The van der Waals surface area contributed by atoms with E-state index in [9.17, 15) is 4.79 Å². The van der Waals surface area contributed by atoms with E-state index in [4.69, 9.17) is 9.47 Å². The van der Waals surface area contributed by atoms with Crippen molar-refractivity contribution in [3.63, 3.8) is 0 Å². The summed E-state index contributed by atoms with van der Waals surface area (Å²) in [4.78, 5) is 25.7.